The zero-order valence-corrected chi connectivity index (χ0v) is 17.9. The predicted octanol–water partition coefficient (Wildman–Crippen LogP) is 3.33. The number of amides is 1. The number of anilines is 1. The Morgan fingerprint density at radius 3 is 2.09 bits per heavy atom. The molecule has 0 saturated heterocycles. The molecular formula is C22H20N4O5S. The SMILES string of the molecule is C/C(=N/NC(=O)CN(c1ccc([N+](=O)[O-])cc1)S(=O)(=O)c1ccccc1)c1ccccc1. The lowest BCUT2D eigenvalue weighted by atomic mass is 10.1. The van der Waals surface area contributed by atoms with Gasteiger partial charge in [0.15, 0.2) is 0 Å². The first-order valence-electron chi connectivity index (χ1n) is 9.50. The maximum absolute atomic E-state index is 13.2. The summed E-state index contributed by atoms with van der Waals surface area (Å²) in [5.74, 6) is -0.668. The molecule has 0 bridgehead atoms. The molecule has 32 heavy (non-hydrogen) atoms. The highest BCUT2D eigenvalue weighted by Crippen LogP contribution is 2.25. The zero-order valence-electron chi connectivity index (χ0n) is 17.1. The van der Waals surface area contributed by atoms with Gasteiger partial charge in [0.05, 0.1) is 21.2 Å². The highest BCUT2D eigenvalue weighted by molar-refractivity contribution is 7.92. The van der Waals surface area contributed by atoms with Gasteiger partial charge in [-0.2, -0.15) is 5.10 Å². The second kappa shape index (κ2) is 9.84. The smallest absolute Gasteiger partial charge is 0.269 e. The van der Waals surface area contributed by atoms with Gasteiger partial charge >= 0.3 is 0 Å². The fraction of sp³-hybridized carbons (Fsp3) is 0.0909. The number of benzene rings is 3. The van der Waals surface area contributed by atoms with Crippen LogP contribution >= 0.6 is 0 Å². The number of non-ortho nitro benzene ring substituents is 1. The van der Waals surface area contributed by atoms with Crippen LogP contribution < -0.4 is 9.73 Å². The fourth-order valence-electron chi connectivity index (χ4n) is 2.83. The molecule has 0 atom stereocenters. The Hall–Kier alpha value is -4.05. The third-order valence-electron chi connectivity index (χ3n) is 4.51. The average Bonchev–Trinajstić information content (AvgIpc) is 2.82. The van der Waals surface area contributed by atoms with Crippen LogP contribution in [0.4, 0.5) is 11.4 Å². The predicted molar refractivity (Wildman–Crippen MR) is 121 cm³/mol. The summed E-state index contributed by atoms with van der Waals surface area (Å²) < 4.78 is 27.3. The monoisotopic (exact) mass is 452 g/mol. The van der Waals surface area contributed by atoms with E-state index in [1.807, 2.05) is 30.3 Å². The third-order valence-corrected chi connectivity index (χ3v) is 6.29. The van der Waals surface area contributed by atoms with E-state index in [-0.39, 0.29) is 16.3 Å². The molecule has 3 rings (SSSR count). The van der Waals surface area contributed by atoms with Crippen molar-refractivity contribution in [2.75, 3.05) is 10.8 Å². The molecule has 0 aliphatic rings. The third kappa shape index (κ3) is 5.35. The first-order valence-corrected chi connectivity index (χ1v) is 10.9. The Kier molecular flexibility index (Phi) is 6.96. The number of hydrogen-bond acceptors (Lipinski definition) is 6. The van der Waals surface area contributed by atoms with Crippen molar-refractivity contribution in [3.63, 3.8) is 0 Å². The topological polar surface area (TPSA) is 122 Å². The van der Waals surface area contributed by atoms with Crippen molar-refractivity contribution in [3.05, 3.63) is 101 Å². The lowest BCUT2D eigenvalue weighted by molar-refractivity contribution is -0.384. The molecule has 9 nitrogen and oxygen atoms in total. The summed E-state index contributed by atoms with van der Waals surface area (Å²) in [6, 6.07) is 21.7. The molecule has 1 amide bonds. The van der Waals surface area contributed by atoms with E-state index < -0.39 is 27.4 Å². The van der Waals surface area contributed by atoms with E-state index in [1.54, 1.807) is 25.1 Å². The van der Waals surface area contributed by atoms with Gasteiger partial charge in [0, 0.05) is 12.1 Å². The van der Waals surface area contributed by atoms with Crippen molar-refractivity contribution in [2.24, 2.45) is 5.10 Å². The molecule has 3 aromatic rings. The van der Waals surface area contributed by atoms with Crippen LogP contribution in [0.5, 0.6) is 0 Å². The molecule has 0 fully saturated rings. The van der Waals surface area contributed by atoms with E-state index in [9.17, 15) is 23.3 Å². The number of carbonyl (C=O) groups excluding carboxylic acids is 1. The van der Waals surface area contributed by atoms with E-state index in [4.69, 9.17) is 0 Å². The minimum Gasteiger partial charge on any atom is -0.271 e. The first kappa shape index (κ1) is 22.6. The van der Waals surface area contributed by atoms with Crippen molar-refractivity contribution >= 4 is 33.0 Å². The lowest BCUT2D eigenvalue weighted by Crippen LogP contribution is -2.39. The minimum absolute atomic E-state index is 0.0184. The second-order valence-corrected chi connectivity index (χ2v) is 8.56. The maximum atomic E-state index is 13.2. The summed E-state index contributed by atoms with van der Waals surface area (Å²) in [4.78, 5) is 22.9. The largest absolute Gasteiger partial charge is 0.271 e. The summed E-state index contributed by atoms with van der Waals surface area (Å²) in [6.07, 6.45) is 0. The molecule has 0 spiro atoms. The molecule has 10 heteroatoms. The molecule has 0 unspecified atom stereocenters. The highest BCUT2D eigenvalue weighted by Gasteiger charge is 2.27. The number of nitro groups is 1. The van der Waals surface area contributed by atoms with Crippen LogP contribution in [0.15, 0.2) is 94.9 Å². The molecule has 0 aliphatic carbocycles. The molecule has 1 N–H and O–H groups in total. The summed E-state index contributed by atoms with van der Waals surface area (Å²) in [5.41, 5.74) is 3.63. The second-order valence-electron chi connectivity index (χ2n) is 6.70. The van der Waals surface area contributed by atoms with Crippen LogP contribution in [-0.2, 0) is 14.8 Å². The molecule has 0 aliphatic heterocycles. The van der Waals surface area contributed by atoms with Crippen molar-refractivity contribution in [1.29, 1.82) is 0 Å². The van der Waals surface area contributed by atoms with Crippen molar-refractivity contribution in [3.8, 4) is 0 Å². The fourth-order valence-corrected chi connectivity index (χ4v) is 4.27. The summed E-state index contributed by atoms with van der Waals surface area (Å²) in [5, 5.41) is 15.0. The van der Waals surface area contributed by atoms with Gasteiger partial charge in [-0.3, -0.25) is 19.2 Å². The van der Waals surface area contributed by atoms with E-state index in [0.29, 0.717) is 5.71 Å². The minimum atomic E-state index is -4.12. The van der Waals surface area contributed by atoms with Crippen molar-refractivity contribution < 1.29 is 18.1 Å². The maximum Gasteiger partial charge on any atom is 0.269 e. The van der Waals surface area contributed by atoms with Crippen LogP contribution in [0.3, 0.4) is 0 Å². The molecule has 0 saturated carbocycles. The van der Waals surface area contributed by atoms with Gasteiger partial charge in [-0.25, -0.2) is 13.8 Å². The van der Waals surface area contributed by atoms with E-state index in [2.05, 4.69) is 10.5 Å². The normalized spacial score (nSPS) is 11.6. The number of nitrogens with one attached hydrogen (secondary N) is 1. The molecule has 0 radical (unpaired) electrons. The van der Waals surface area contributed by atoms with Gasteiger partial charge in [0.1, 0.15) is 6.54 Å². The van der Waals surface area contributed by atoms with Crippen LogP contribution in [0.1, 0.15) is 12.5 Å². The molecule has 0 aromatic heterocycles. The number of hydrazone groups is 1. The number of hydrogen-bond donors (Lipinski definition) is 1. The van der Waals surface area contributed by atoms with Crippen molar-refractivity contribution in [2.45, 2.75) is 11.8 Å². The van der Waals surface area contributed by atoms with E-state index in [0.717, 1.165) is 9.87 Å². The Bertz CT molecular complexity index is 1230. The molecule has 0 heterocycles. The molecule has 164 valence electrons. The van der Waals surface area contributed by atoms with Gasteiger partial charge in [0.25, 0.3) is 21.6 Å². The van der Waals surface area contributed by atoms with Crippen LogP contribution in [-0.4, -0.2) is 31.5 Å². The van der Waals surface area contributed by atoms with Gasteiger partial charge in [0.2, 0.25) is 0 Å². The molecular weight excluding hydrogens is 432 g/mol. The highest BCUT2D eigenvalue weighted by atomic mass is 32.2. The van der Waals surface area contributed by atoms with E-state index in [1.165, 1.54) is 36.4 Å². The Morgan fingerprint density at radius 2 is 1.53 bits per heavy atom. The van der Waals surface area contributed by atoms with Gasteiger partial charge in [-0.1, -0.05) is 48.5 Å². The Labute approximate surface area is 185 Å². The number of rotatable bonds is 8. The zero-order chi connectivity index (χ0) is 23.1. The van der Waals surface area contributed by atoms with Crippen LogP contribution in [0.2, 0.25) is 0 Å². The van der Waals surface area contributed by atoms with Crippen molar-refractivity contribution in [1.82, 2.24) is 5.43 Å². The number of nitro benzene ring substituents is 1. The summed E-state index contributed by atoms with van der Waals surface area (Å²) in [6.45, 7) is 1.14. The van der Waals surface area contributed by atoms with Crippen LogP contribution in [0, 0.1) is 10.1 Å². The number of nitrogens with zero attached hydrogens (tertiary/aromatic N) is 3. The summed E-state index contributed by atoms with van der Waals surface area (Å²) in [7, 11) is -4.12. The molecule has 3 aromatic carbocycles. The number of carbonyl (C=O) groups is 1. The number of sulfonamides is 1. The van der Waals surface area contributed by atoms with Crippen LogP contribution in [0.25, 0.3) is 0 Å². The average molecular weight is 452 g/mol. The van der Waals surface area contributed by atoms with Gasteiger partial charge in [-0.15, -0.1) is 0 Å². The van der Waals surface area contributed by atoms with Gasteiger partial charge < -0.3 is 0 Å². The Morgan fingerprint density at radius 1 is 0.969 bits per heavy atom. The first-order chi connectivity index (χ1) is 15.3. The van der Waals surface area contributed by atoms with E-state index >= 15 is 0 Å². The summed E-state index contributed by atoms with van der Waals surface area (Å²) >= 11 is 0. The lowest BCUT2D eigenvalue weighted by Gasteiger charge is -2.23. The quantitative estimate of drug-likeness (QED) is 0.319. The van der Waals surface area contributed by atoms with Gasteiger partial charge in [-0.05, 0) is 36.8 Å². The Balaban J connectivity index is 1.89. The standard InChI is InChI=1S/C22H20N4O5S/c1-17(18-8-4-2-5-9-18)23-24-22(27)16-25(19-12-14-20(15-13-19)26(28)29)32(30,31)21-10-6-3-7-11-21/h2-15H,16H2,1H3,(H,24,27)/b23-17-.